The van der Waals surface area contributed by atoms with E-state index in [1.807, 2.05) is 13.8 Å². The lowest BCUT2D eigenvalue weighted by Crippen LogP contribution is -2.58. The molecule has 30 heavy (non-hydrogen) atoms. The van der Waals surface area contributed by atoms with Crippen LogP contribution in [0, 0.1) is 0 Å². The molecule has 2 unspecified atom stereocenters. The van der Waals surface area contributed by atoms with Gasteiger partial charge in [-0.2, -0.15) is 0 Å². The minimum atomic E-state index is -0.120. The van der Waals surface area contributed by atoms with E-state index in [-0.39, 0.29) is 24.1 Å². The van der Waals surface area contributed by atoms with Gasteiger partial charge in [0, 0.05) is 47.4 Å². The van der Waals surface area contributed by atoms with Crippen molar-refractivity contribution in [3.8, 4) is 0 Å². The molecule has 0 bridgehead atoms. The van der Waals surface area contributed by atoms with Gasteiger partial charge in [-0.25, -0.2) is 0 Å². The monoisotopic (exact) mass is 448 g/mol. The Labute approximate surface area is 187 Å². The zero-order chi connectivity index (χ0) is 21.7. The fraction of sp³-hybridized carbons (Fsp3) is 0.364. The van der Waals surface area contributed by atoms with Crippen LogP contribution in [0.15, 0.2) is 48.5 Å². The SMILES string of the molecule is CC(NC(=O)c1ccc(Cl)cc1)N1CCN(C(C)NC(=O)c2ccc(Cl)cc2)CC1. The third-order valence-corrected chi connectivity index (χ3v) is 5.84. The molecule has 6 nitrogen and oxygen atoms in total. The summed E-state index contributed by atoms with van der Waals surface area (Å²) in [5.74, 6) is -0.240. The summed E-state index contributed by atoms with van der Waals surface area (Å²) in [6.07, 6.45) is -0.177. The Bertz CT molecular complexity index is 792. The number of hydrogen-bond acceptors (Lipinski definition) is 4. The third kappa shape index (κ3) is 5.95. The van der Waals surface area contributed by atoms with Gasteiger partial charge in [-0.05, 0) is 62.4 Å². The van der Waals surface area contributed by atoms with Crippen LogP contribution >= 0.6 is 23.2 Å². The van der Waals surface area contributed by atoms with Crippen LogP contribution in [0.1, 0.15) is 34.6 Å². The molecule has 2 atom stereocenters. The van der Waals surface area contributed by atoms with Crippen molar-refractivity contribution >= 4 is 35.0 Å². The van der Waals surface area contributed by atoms with E-state index >= 15 is 0 Å². The molecule has 160 valence electrons. The highest BCUT2D eigenvalue weighted by atomic mass is 35.5. The van der Waals surface area contributed by atoms with E-state index in [1.165, 1.54) is 0 Å². The van der Waals surface area contributed by atoms with Crippen molar-refractivity contribution in [1.82, 2.24) is 20.4 Å². The molecule has 0 saturated carbocycles. The Kier molecular flexibility index (Phi) is 7.72. The average Bonchev–Trinajstić information content (AvgIpc) is 2.74. The molecule has 1 aliphatic rings. The number of carbonyl (C=O) groups excluding carboxylic acids is 2. The van der Waals surface area contributed by atoms with Gasteiger partial charge in [0.2, 0.25) is 0 Å². The molecule has 8 heteroatoms. The number of piperazine rings is 1. The maximum Gasteiger partial charge on any atom is 0.252 e. The topological polar surface area (TPSA) is 64.7 Å². The van der Waals surface area contributed by atoms with Gasteiger partial charge in [0.25, 0.3) is 11.8 Å². The van der Waals surface area contributed by atoms with Gasteiger partial charge in [-0.3, -0.25) is 19.4 Å². The van der Waals surface area contributed by atoms with Gasteiger partial charge >= 0.3 is 0 Å². The van der Waals surface area contributed by atoms with E-state index in [0.29, 0.717) is 21.2 Å². The molecule has 2 aromatic carbocycles. The summed E-state index contributed by atoms with van der Waals surface area (Å²) in [5, 5.41) is 7.27. The molecule has 0 aromatic heterocycles. The predicted octanol–water partition coefficient (Wildman–Crippen LogP) is 3.46. The van der Waals surface area contributed by atoms with E-state index in [2.05, 4.69) is 20.4 Å². The van der Waals surface area contributed by atoms with Crippen LogP contribution < -0.4 is 10.6 Å². The number of halogens is 2. The minimum Gasteiger partial charge on any atom is -0.337 e. The van der Waals surface area contributed by atoms with Crippen LogP contribution in [0.2, 0.25) is 10.0 Å². The fourth-order valence-corrected chi connectivity index (χ4v) is 3.70. The number of amides is 2. The number of nitrogens with zero attached hydrogens (tertiary/aromatic N) is 2. The van der Waals surface area contributed by atoms with Crippen molar-refractivity contribution in [2.45, 2.75) is 26.2 Å². The largest absolute Gasteiger partial charge is 0.337 e. The Hall–Kier alpha value is -2.12. The second-order valence-corrected chi connectivity index (χ2v) is 8.26. The summed E-state index contributed by atoms with van der Waals surface area (Å²) in [5.41, 5.74) is 1.17. The van der Waals surface area contributed by atoms with Crippen molar-refractivity contribution in [1.29, 1.82) is 0 Å². The number of rotatable bonds is 6. The standard InChI is InChI=1S/C22H26Cl2N4O2/c1-15(25-21(29)17-3-7-19(23)8-4-17)27-11-13-28(14-12-27)16(2)26-22(30)18-5-9-20(24)10-6-18/h3-10,15-16H,11-14H2,1-2H3,(H,25,29)(H,26,30). The molecule has 2 aromatic rings. The van der Waals surface area contributed by atoms with Crippen LogP contribution in [-0.4, -0.2) is 60.1 Å². The normalized spacial score (nSPS) is 17.2. The summed E-state index contributed by atoms with van der Waals surface area (Å²) in [7, 11) is 0. The van der Waals surface area contributed by atoms with Crippen LogP contribution in [-0.2, 0) is 0 Å². The van der Waals surface area contributed by atoms with Gasteiger partial charge in [0.05, 0.1) is 12.3 Å². The molecule has 0 spiro atoms. The molecule has 1 saturated heterocycles. The smallest absolute Gasteiger partial charge is 0.252 e. The second kappa shape index (κ2) is 10.3. The molecular formula is C22H26Cl2N4O2. The summed E-state index contributed by atoms with van der Waals surface area (Å²) >= 11 is 11.8. The average molecular weight is 449 g/mol. The van der Waals surface area contributed by atoms with Crippen molar-refractivity contribution in [2.75, 3.05) is 26.2 Å². The highest BCUT2D eigenvalue weighted by molar-refractivity contribution is 6.31. The lowest BCUT2D eigenvalue weighted by atomic mass is 10.2. The Morgan fingerprint density at radius 1 is 0.700 bits per heavy atom. The van der Waals surface area contributed by atoms with Crippen molar-refractivity contribution in [2.24, 2.45) is 0 Å². The van der Waals surface area contributed by atoms with Gasteiger partial charge in [-0.1, -0.05) is 23.2 Å². The van der Waals surface area contributed by atoms with Crippen molar-refractivity contribution < 1.29 is 9.59 Å². The van der Waals surface area contributed by atoms with Crippen LogP contribution in [0.3, 0.4) is 0 Å². The molecular weight excluding hydrogens is 423 g/mol. The summed E-state index contributed by atoms with van der Waals surface area (Å²) in [6, 6.07) is 13.7. The number of nitrogens with one attached hydrogen (secondary N) is 2. The summed E-state index contributed by atoms with van der Waals surface area (Å²) in [6.45, 7) is 7.14. The summed E-state index contributed by atoms with van der Waals surface area (Å²) < 4.78 is 0. The number of hydrogen-bond donors (Lipinski definition) is 2. The predicted molar refractivity (Wildman–Crippen MR) is 120 cm³/mol. The minimum absolute atomic E-state index is 0.0886. The molecule has 2 N–H and O–H groups in total. The lowest BCUT2D eigenvalue weighted by Gasteiger charge is -2.40. The van der Waals surface area contributed by atoms with Crippen molar-refractivity contribution in [3.05, 3.63) is 69.7 Å². The molecule has 1 heterocycles. The Balaban J connectivity index is 1.46. The van der Waals surface area contributed by atoms with E-state index < -0.39 is 0 Å². The molecule has 2 amide bonds. The molecule has 3 rings (SSSR count). The number of carbonyl (C=O) groups is 2. The first-order chi connectivity index (χ1) is 14.3. The highest BCUT2D eigenvalue weighted by Crippen LogP contribution is 2.12. The molecule has 1 fully saturated rings. The molecule has 0 radical (unpaired) electrons. The van der Waals surface area contributed by atoms with Crippen LogP contribution in [0.25, 0.3) is 0 Å². The van der Waals surface area contributed by atoms with Gasteiger partial charge in [0.15, 0.2) is 0 Å². The Morgan fingerprint density at radius 2 is 1.00 bits per heavy atom. The maximum absolute atomic E-state index is 12.4. The Morgan fingerprint density at radius 3 is 1.30 bits per heavy atom. The summed E-state index contributed by atoms with van der Waals surface area (Å²) in [4.78, 5) is 29.3. The van der Waals surface area contributed by atoms with Gasteiger partial charge < -0.3 is 10.6 Å². The lowest BCUT2D eigenvalue weighted by molar-refractivity contribution is 0.0503. The zero-order valence-corrected chi connectivity index (χ0v) is 18.6. The van der Waals surface area contributed by atoms with Gasteiger partial charge in [0.1, 0.15) is 0 Å². The van der Waals surface area contributed by atoms with Crippen LogP contribution in [0.5, 0.6) is 0 Å². The first-order valence-electron chi connectivity index (χ1n) is 9.94. The number of benzene rings is 2. The van der Waals surface area contributed by atoms with Crippen LogP contribution in [0.4, 0.5) is 0 Å². The fourth-order valence-electron chi connectivity index (χ4n) is 3.44. The van der Waals surface area contributed by atoms with Crippen molar-refractivity contribution in [3.63, 3.8) is 0 Å². The van der Waals surface area contributed by atoms with Gasteiger partial charge in [-0.15, -0.1) is 0 Å². The van der Waals surface area contributed by atoms with E-state index in [0.717, 1.165) is 26.2 Å². The first kappa shape index (κ1) is 22.6. The quantitative estimate of drug-likeness (QED) is 0.709. The van der Waals surface area contributed by atoms with E-state index in [9.17, 15) is 9.59 Å². The molecule has 1 aliphatic heterocycles. The third-order valence-electron chi connectivity index (χ3n) is 5.34. The van der Waals surface area contributed by atoms with E-state index in [1.54, 1.807) is 48.5 Å². The first-order valence-corrected chi connectivity index (χ1v) is 10.7. The zero-order valence-electron chi connectivity index (χ0n) is 17.1. The second-order valence-electron chi connectivity index (χ2n) is 7.38. The molecule has 0 aliphatic carbocycles. The van der Waals surface area contributed by atoms with E-state index in [4.69, 9.17) is 23.2 Å². The maximum atomic E-state index is 12.4. The highest BCUT2D eigenvalue weighted by Gasteiger charge is 2.25.